The molecule has 1 aliphatic rings. The lowest BCUT2D eigenvalue weighted by atomic mass is 9.78. The van der Waals surface area contributed by atoms with E-state index < -0.39 is 0 Å². The fourth-order valence-corrected chi connectivity index (χ4v) is 2.85. The first-order valence-electron chi connectivity index (χ1n) is 6.29. The molecule has 94 valence electrons. The van der Waals surface area contributed by atoms with E-state index >= 15 is 0 Å². The topological polar surface area (TPSA) is 50.9 Å². The summed E-state index contributed by atoms with van der Waals surface area (Å²) in [6, 6.07) is 2.88. The van der Waals surface area contributed by atoms with Crippen molar-refractivity contribution in [2.75, 3.05) is 0 Å². The molecule has 0 spiro atoms. The second-order valence-electron chi connectivity index (χ2n) is 5.05. The number of rotatable bonds is 3. The number of nitrogens with zero attached hydrogens (tertiary/aromatic N) is 1. The van der Waals surface area contributed by atoms with Gasteiger partial charge in [-0.3, -0.25) is 16.3 Å². The highest BCUT2D eigenvalue weighted by Gasteiger charge is 2.29. The fraction of sp³-hybridized carbons (Fsp3) is 0.615. The number of halogens is 1. The minimum atomic E-state index is -0.270. The van der Waals surface area contributed by atoms with Gasteiger partial charge in [0.1, 0.15) is 5.82 Å². The molecule has 1 aliphatic carbocycles. The van der Waals surface area contributed by atoms with Crippen LogP contribution in [0.2, 0.25) is 0 Å². The van der Waals surface area contributed by atoms with Crippen molar-refractivity contribution in [2.24, 2.45) is 17.7 Å². The van der Waals surface area contributed by atoms with Crippen LogP contribution in [0.5, 0.6) is 0 Å². The van der Waals surface area contributed by atoms with Gasteiger partial charge >= 0.3 is 0 Å². The van der Waals surface area contributed by atoms with Crippen molar-refractivity contribution in [1.82, 2.24) is 10.4 Å². The van der Waals surface area contributed by atoms with Gasteiger partial charge in [-0.1, -0.05) is 19.8 Å². The van der Waals surface area contributed by atoms with E-state index in [1.165, 1.54) is 18.9 Å². The molecule has 0 amide bonds. The highest BCUT2D eigenvalue weighted by molar-refractivity contribution is 5.12. The number of pyridine rings is 1. The van der Waals surface area contributed by atoms with Crippen molar-refractivity contribution in [3.05, 3.63) is 29.8 Å². The molecule has 0 radical (unpaired) electrons. The van der Waals surface area contributed by atoms with Crippen LogP contribution in [0.3, 0.4) is 0 Å². The van der Waals surface area contributed by atoms with E-state index in [-0.39, 0.29) is 11.9 Å². The molecule has 4 heteroatoms. The number of hydrogen-bond donors (Lipinski definition) is 2. The normalized spacial score (nSPS) is 26.8. The lowest BCUT2D eigenvalue weighted by molar-refractivity contribution is 0.218. The summed E-state index contributed by atoms with van der Waals surface area (Å²) >= 11 is 0. The Balaban J connectivity index is 2.18. The number of hydrazine groups is 1. The number of aromatic nitrogens is 1. The van der Waals surface area contributed by atoms with Crippen LogP contribution in [0.15, 0.2) is 18.3 Å². The minimum absolute atomic E-state index is 0.168. The van der Waals surface area contributed by atoms with Crippen molar-refractivity contribution in [2.45, 2.75) is 38.6 Å². The Morgan fingerprint density at radius 3 is 3.00 bits per heavy atom. The zero-order chi connectivity index (χ0) is 12.3. The van der Waals surface area contributed by atoms with Gasteiger partial charge in [0.05, 0.1) is 11.7 Å². The van der Waals surface area contributed by atoms with E-state index in [4.69, 9.17) is 5.84 Å². The molecule has 1 aromatic heterocycles. The van der Waals surface area contributed by atoms with Crippen LogP contribution < -0.4 is 11.3 Å². The van der Waals surface area contributed by atoms with Crippen LogP contribution in [-0.2, 0) is 0 Å². The van der Waals surface area contributed by atoms with E-state index in [1.54, 1.807) is 12.3 Å². The predicted molar refractivity (Wildman–Crippen MR) is 65.4 cm³/mol. The minimum Gasteiger partial charge on any atom is -0.271 e. The lowest BCUT2D eigenvalue weighted by Gasteiger charge is -2.32. The summed E-state index contributed by atoms with van der Waals surface area (Å²) in [4.78, 5) is 4.13. The van der Waals surface area contributed by atoms with Crippen molar-refractivity contribution < 1.29 is 4.39 Å². The van der Waals surface area contributed by atoms with E-state index in [2.05, 4.69) is 17.3 Å². The van der Waals surface area contributed by atoms with E-state index in [9.17, 15) is 4.39 Å². The summed E-state index contributed by atoms with van der Waals surface area (Å²) < 4.78 is 13.7. The summed E-state index contributed by atoms with van der Waals surface area (Å²) in [6.07, 6.45) is 6.26. The molecule has 1 aromatic rings. The Morgan fingerprint density at radius 1 is 1.53 bits per heavy atom. The van der Waals surface area contributed by atoms with Gasteiger partial charge in [-0.05, 0) is 36.8 Å². The molecular formula is C13H20FN3. The van der Waals surface area contributed by atoms with Crippen molar-refractivity contribution >= 4 is 0 Å². The summed E-state index contributed by atoms with van der Waals surface area (Å²) in [6.45, 7) is 2.24. The molecule has 3 unspecified atom stereocenters. The second-order valence-corrected chi connectivity index (χ2v) is 5.05. The maximum absolute atomic E-state index is 13.7. The molecule has 17 heavy (non-hydrogen) atoms. The molecule has 3 nitrogen and oxygen atoms in total. The van der Waals surface area contributed by atoms with Gasteiger partial charge in [0, 0.05) is 6.20 Å². The van der Waals surface area contributed by atoms with Gasteiger partial charge in [-0.2, -0.15) is 0 Å². The third kappa shape index (κ3) is 2.82. The van der Waals surface area contributed by atoms with Crippen LogP contribution in [-0.4, -0.2) is 4.98 Å². The SMILES string of the molecule is CC1CCCC(C(NN)c2ncccc2F)C1. The number of nitrogens with two attached hydrogens (primary N) is 1. The Bertz CT molecular complexity index is 369. The fourth-order valence-electron chi connectivity index (χ4n) is 2.85. The number of hydrogen-bond acceptors (Lipinski definition) is 3. The van der Waals surface area contributed by atoms with Crippen molar-refractivity contribution in [3.8, 4) is 0 Å². The average molecular weight is 237 g/mol. The molecular weight excluding hydrogens is 217 g/mol. The molecule has 1 saturated carbocycles. The summed E-state index contributed by atoms with van der Waals surface area (Å²) in [5, 5.41) is 0. The zero-order valence-electron chi connectivity index (χ0n) is 10.2. The van der Waals surface area contributed by atoms with Crippen LogP contribution >= 0.6 is 0 Å². The standard InChI is InChI=1S/C13H20FN3/c1-9-4-2-5-10(8-9)12(17-15)13-11(14)6-3-7-16-13/h3,6-7,9-10,12,17H,2,4-5,8,15H2,1H3. The van der Waals surface area contributed by atoms with Crippen LogP contribution in [0.4, 0.5) is 4.39 Å². The highest BCUT2D eigenvalue weighted by atomic mass is 19.1. The van der Waals surface area contributed by atoms with E-state index in [0.29, 0.717) is 17.5 Å². The van der Waals surface area contributed by atoms with Gasteiger partial charge in [0.25, 0.3) is 0 Å². The lowest BCUT2D eigenvalue weighted by Crippen LogP contribution is -2.36. The molecule has 0 saturated heterocycles. The smallest absolute Gasteiger partial charge is 0.146 e. The average Bonchev–Trinajstić information content (AvgIpc) is 2.33. The molecule has 3 N–H and O–H groups in total. The zero-order valence-corrected chi connectivity index (χ0v) is 10.2. The molecule has 0 aliphatic heterocycles. The maximum Gasteiger partial charge on any atom is 0.146 e. The number of nitrogens with one attached hydrogen (secondary N) is 1. The Morgan fingerprint density at radius 2 is 2.35 bits per heavy atom. The highest BCUT2D eigenvalue weighted by Crippen LogP contribution is 2.36. The van der Waals surface area contributed by atoms with Crippen LogP contribution in [0.1, 0.15) is 44.3 Å². The Kier molecular flexibility index (Phi) is 4.07. The quantitative estimate of drug-likeness (QED) is 0.627. The van der Waals surface area contributed by atoms with Crippen LogP contribution in [0.25, 0.3) is 0 Å². The van der Waals surface area contributed by atoms with Gasteiger partial charge in [0.2, 0.25) is 0 Å². The first-order valence-corrected chi connectivity index (χ1v) is 6.29. The summed E-state index contributed by atoms with van der Waals surface area (Å²) in [7, 11) is 0. The molecule has 1 fully saturated rings. The van der Waals surface area contributed by atoms with E-state index in [1.807, 2.05) is 0 Å². The van der Waals surface area contributed by atoms with Gasteiger partial charge in [-0.15, -0.1) is 0 Å². The van der Waals surface area contributed by atoms with Gasteiger partial charge < -0.3 is 0 Å². The molecule has 2 rings (SSSR count). The third-order valence-electron chi connectivity index (χ3n) is 3.71. The van der Waals surface area contributed by atoms with Gasteiger partial charge in [-0.25, -0.2) is 4.39 Å². The van der Waals surface area contributed by atoms with Gasteiger partial charge in [0.15, 0.2) is 0 Å². The van der Waals surface area contributed by atoms with E-state index in [0.717, 1.165) is 12.8 Å². The maximum atomic E-state index is 13.7. The Labute approximate surface area is 102 Å². The molecule has 0 bridgehead atoms. The van der Waals surface area contributed by atoms with Crippen molar-refractivity contribution in [3.63, 3.8) is 0 Å². The summed E-state index contributed by atoms with van der Waals surface area (Å²) in [5.74, 6) is 6.40. The second kappa shape index (κ2) is 5.56. The molecule has 0 aromatic carbocycles. The first kappa shape index (κ1) is 12.5. The largest absolute Gasteiger partial charge is 0.271 e. The molecule has 3 atom stereocenters. The Hall–Kier alpha value is -1.00. The molecule has 1 heterocycles. The third-order valence-corrected chi connectivity index (χ3v) is 3.71. The van der Waals surface area contributed by atoms with Crippen molar-refractivity contribution in [1.29, 1.82) is 0 Å². The van der Waals surface area contributed by atoms with Crippen LogP contribution in [0, 0.1) is 17.7 Å². The summed E-state index contributed by atoms with van der Waals surface area (Å²) in [5.41, 5.74) is 3.20. The predicted octanol–water partition coefficient (Wildman–Crippen LogP) is 2.55. The first-order chi connectivity index (χ1) is 8.22. The monoisotopic (exact) mass is 237 g/mol.